The molecule has 1 N–H and O–H groups in total. The van der Waals surface area contributed by atoms with Gasteiger partial charge in [-0.05, 0) is 35.4 Å². The van der Waals surface area contributed by atoms with E-state index in [2.05, 4.69) is 20.0 Å². The van der Waals surface area contributed by atoms with Crippen molar-refractivity contribution in [3.8, 4) is 0 Å². The molecule has 0 fully saturated rings. The van der Waals surface area contributed by atoms with Gasteiger partial charge in [0, 0.05) is 9.93 Å². The Morgan fingerprint density at radius 1 is 1.18 bits per heavy atom. The van der Waals surface area contributed by atoms with Gasteiger partial charge in [-0.1, -0.05) is 41.0 Å². The summed E-state index contributed by atoms with van der Waals surface area (Å²) in [6, 6.07) is 13.1. The SMILES string of the molecule is [N-]=[N+]=NC(c1ccc(Cl)cc1)c1nc2ccccc2[nH]c1=O. The van der Waals surface area contributed by atoms with E-state index in [9.17, 15) is 4.79 Å². The number of hydrogen-bond donors (Lipinski definition) is 1. The predicted octanol–water partition coefficient (Wildman–Crippen LogP) is 3.98. The van der Waals surface area contributed by atoms with E-state index in [-0.39, 0.29) is 11.3 Å². The molecule has 1 unspecified atom stereocenters. The number of halogens is 1. The third kappa shape index (κ3) is 2.65. The Morgan fingerprint density at radius 2 is 1.91 bits per heavy atom. The molecule has 22 heavy (non-hydrogen) atoms. The van der Waals surface area contributed by atoms with Crippen LogP contribution in [0.25, 0.3) is 21.5 Å². The molecule has 0 bridgehead atoms. The molecular formula is C15H10ClN5O. The molecule has 7 heteroatoms. The maximum atomic E-state index is 12.3. The number of benzene rings is 2. The molecule has 0 aliphatic rings. The van der Waals surface area contributed by atoms with E-state index in [4.69, 9.17) is 17.1 Å². The molecule has 0 aliphatic carbocycles. The van der Waals surface area contributed by atoms with Crippen LogP contribution in [0.3, 0.4) is 0 Å². The molecule has 0 aliphatic heterocycles. The number of nitrogens with zero attached hydrogens (tertiary/aromatic N) is 4. The summed E-state index contributed by atoms with van der Waals surface area (Å²) in [6.45, 7) is 0. The molecule has 0 saturated carbocycles. The van der Waals surface area contributed by atoms with Crippen molar-refractivity contribution in [2.75, 3.05) is 0 Å². The van der Waals surface area contributed by atoms with Crippen molar-refractivity contribution >= 4 is 22.6 Å². The summed E-state index contributed by atoms with van der Waals surface area (Å²) in [5, 5.41) is 4.28. The highest BCUT2D eigenvalue weighted by Gasteiger charge is 2.18. The fourth-order valence-electron chi connectivity index (χ4n) is 2.20. The topological polar surface area (TPSA) is 94.5 Å². The van der Waals surface area contributed by atoms with E-state index in [1.165, 1.54) is 0 Å². The first kappa shape index (κ1) is 14.1. The number of para-hydroxylation sites is 2. The maximum Gasteiger partial charge on any atom is 0.270 e. The fraction of sp³-hybridized carbons (Fsp3) is 0.0667. The van der Waals surface area contributed by atoms with Crippen LogP contribution in [0.1, 0.15) is 17.3 Å². The Labute approximate surface area is 130 Å². The number of aromatic amines is 1. The highest BCUT2D eigenvalue weighted by Crippen LogP contribution is 2.25. The second-order valence-corrected chi connectivity index (χ2v) is 5.06. The van der Waals surface area contributed by atoms with Gasteiger partial charge < -0.3 is 4.98 Å². The molecule has 6 nitrogen and oxygen atoms in total. The van der Waals surface area contributed by atoms with E-state index in [0.717, 1.165) is 0 Å². The van der Waals surface area contributed by atoms with Gasteiger partial charge in [-0.25, -0.2) is 4.98 Å². The average Bonchev–Trinajstić information content (AvgIpc) is 2.53. The van der Waals surface area contributed by atoms with E-state index in [0.29, 0.717) is 21.6 Å². The lowest BCUT2D eigenvalue weighted by molar-refractivity contribution is 0.805. The van der Waals surface area contributed by atoms with Gasteiger partial charge >= 0.3 is 0 Å². The van der Waals surface area contributed by atoms with Crippen LogP contribution in [0.4, 0.5) is 0 Å². The minimum Gasteiger partial charge on any atom is -0.319 e. The summed E-state index contributed by atoms with van der Waals surface area (Å²) in [5.41, 5.74) is 10.5. The van der Waals surface area contributed by atoms with Crippen molar-refractivity contribution in [1.82, 2.24) is 9.97 Å². The Balaban J connectivity index is 2.20. The van der Waals surface area contributed by atoms with Crippen LogP contribution in [-0.2, 0) is 0 Å². The van der Waals surface area contributed by atoms with Crippen LogP contribution < -0.4 is 5.56 Å². The third-order valence-electron chi connectivity index (χ3n) is 3.24. The summed E-state index contributed by atoms with van der Waals surface area (Å²) in [7, 11) is 0. The number of fused-ring (bicyclic) bond motifs is 1. The highest BCUT2D eigenvalue weighted by molar-refractivity contribution is 6.30. The molecular weight excluding hydrogens is 302 g/mol. The molecule has 1 aromatic heterocycles. The van der Waals surface area contributed by atoms with Gasteiger partial charge in [0.1, 0.15) is 11.7 Å². The Bertz CT molecular complexity index is 929. The third-order valence-corrected chi connectivity index (χ3v) is 3.49. The van der Waals surface area contributed by atoms with E-state index >= 15 is 0 Å². The Kier molecular flexibility index (Phi) is 3.78. The lowest BCUT2D eigenvalue weighted by Gasteiger charge is -2.11. The smallest absolute Gasteiger partial charge is 0.270 e. The van der Waals surface area contributed by atoms with Gasteiger partial charge in [-0.3, -0.25) is 4.79 Å². The first-order valence-electron chi connectivity index (χ1n) is 6.47. The molecule has 0 amide bonds. The molecule has 0 spiro atoms. The second kappa shape index (κ2) is 5.89. The second-order valence-electron chi connectivity index (χ2n) is 4.63. The predicted molar refractivity (Wildman–Crippen MR) is 84.8 cm³/mol. The summed E-state index contributed by atoms with van der Waals surface area (Å²) in [5.74, 6) is 0. The lowest BCUT2D eigenvalue weighted by Crippen LogP contribution is -2.18. The zero-order valence-electron chi connectivity index (χ0n) is 11.3. The Hall–Kier alpha value is -2.82. The van der Waals surface area contributed by atoms with E-state index in [1.807, 2.05) is 12.1 Å². The van der Waals surface area contributed by atoms with Crippen molar-refractivity contribution < 1.29 is 0 Å². The summed E-state index contributed by atoms with van der Waals surface area (Å²) < 4.78 is 0. The minimum atomic E-state index is -0.810. The number of aromatic nitrogens is 2. The van der Waals surface area contributed by atoms with E-state index in [1.54, 1.807) is 36.4 Å². The van der Waals surface area contributed by atoms with Crippen LogP contribution >= 0.6 is 11.6 Å². The normalized spacial score (nSPS) is 11.9. The van der Waals surface area contributed by atoms with Gasteiger partial charge in [0.15, 0.2) is 0 Å². The van der Waals surface area contributed by atoms with Gasteiger partial charge in [-0.2, -0.15) is 0 Å². The van der Waals surface area contributed by atoms with Crippen LogP contribution in [0.5, 0.6) is 0 Å². The van der Waals surface area contributed by atoms with Crippen molar-refractivity contribution in [2.24, 2.45) is 5.11 Å². The van der Waals surface area contributed by atoms with Crippen LogP contribution in [-0.4, -0.2) is 9.97 Å². The minimum absolute atomic E-state index is 0.152. The quantitative estimate of drug-likeness (QED) is 0.450. The molecule has 0 radical (unpaired) electrons. The van der Waals surface area contributed by atoms with Crippen molar-refractivity contribution in [3.63, 3.8) is 0 Å². The summed E-state index contributed by atoms with van der Waals surface area (Å²) in [4.78, 5) is 22.2. The molecule has 1 atom stereocenters. The van der Waals surface area contributed by atoms with Crippen molar-refractivity contribution in [3.05, 3.63) is 85.6 Å². The number of nitrogens with one attached hydrogen (secondary N) is 1. The van der Waals surface area contributed by atoms with Gasteiger partial charge in [0.05, 0.1) is 11.0 Å². The van der Waals surface area contributed by atoms with Crippen molar-refractivity contribution in [2.45, 2.75) is 6.04 Å². The molecule has 3 rings (SSSR count). The Morgan fingerprint density at radius 3 is 2.64 bits per heavy atom. The summed E-state index contributed by atoms with van der Waals surface area (Å²) >= 11 is 5.86. The monoisotopic (exact) mass is 311 g/mol. The van der Waals surface area contributed by atoms with Crippen molar-refractivity contribution in [1.29, 1.82) is 0 Å². The number of azide groups is 1. The molecule has 0 saturated heterocycles. The number of H-pyrrole nitrogens is 1. The largest absolute Gasteiger partial charge is 0.319 e. The number of hydrogen-bond acceptors (Lipinski definition) is 3. The molecule has 108 valence electrons. The highest BCUT2D eigenvalue weighted by atomic mass is 35.5. The summed E-state index contributed by atoms with van der Waals surface area (Å²) in [6.07, 6.45) is 0. The van der Waals surface area contributed by atoms with Crippen LogP contribution in [0.15, 0.2) is 58.4 Å². The first-order valence-corrected chi connectivity index (χ1v) is 6.85. The standard InChI is InChI=1S/C15H10ClN5O/c16-10-7-5-9(6-8-10)13(20-21-17)14-15(22)19-12-4-2-1-3-11(12)18-14/h1-8,13H,(H,19,22). The molecule has 2 aromatic carbocycles. The fourth-order valence-corrected chi connectivity index (χ4v) is 2.33. The maximum absolute atomic E-state index is 12.3. The van der Waals surface area contributed by atoms with Gasteiger partial charge in [0.25, 0.3) is 5.56 Å². The lowest BCUT2D eigenvalue weighted by atomic mass is 10.0. The number of rotatable bonds is 3. The van der Waals surface area contributed by atoms with Crippen LogP contribution in [0.2, 0.25) is 5.02 Å². The zero-order valence-corrected chi connectivity index (χ0v) is 12.0. The van der Waals surface area contributed by atoms with E-state index < -0.39 is 6.04 Å². The molecule has 3 aromatic rings. The zero-order chi connectivity index (χ0) is 15.5. The first-order chi connectivity index (χ1) is 10.7. The van der Waals surface area contributed by atoms with Gasteiger partial charge in [-0.15, -0.1) is 0 Å². The average molecular weight is 312 g/mol. The molecule has 1 heterocycles. The van der Waals surface area contributed by atoms with Crippen LogP contribution in [0, 0.1) is 0 Å². The van der Waals surface area contributed by atoms with Gasteiger partial charge in [0.2, 0.25) is 0 Å².